The molecule has 0 unspecified atom stereocenters. The highest BCUT2D eigenvalue weighted by Crippen LogP contribution is 2.34. The van der Waals surface area contributed by atoms with E-state index in [1.807, 2.05) is 0 Å². The van der Waals surface area contributed by atoms with Crippen molar-refractivity contribution in [3.05, 3.63) is 48.0 Å². The highest BCUT2D eigenvalue weighted by molar-refractivity contribution is 5.74. The molecule has 0 aromatic heterocycles. The van der Waals surface area contributed by atoms with Gasteiger partial charge in [-0.1, -0.05) is 12.1 Å². The normalized spacial score (nSPS) is 11.4. The molecule has 2 aromatic rings. The van der Waals surface area contributed by atoms with E-state index >= 15 is 0 Å². The van der Waals surface area contributed by atoms with Crippen LogP contribution >= 0.6 is 0 Å². The molecular weight excluding hydrogens is 255 g/mol. The zero-order valence-electron chi connectivity index (χ0n) is 10.2. The fourth-order valence-electron chi connectivity index (χ4n) is 1.79. The van der Waals surface area contributed by atoms with Crippen LogP contribution < -0.4 is 10.5 Å². The van der Waals surface area contributed by atoms with E-state index in [4.69, 9.17) is 10.5 Å². The van der Waals surface area contributed by atoms with E-state index in [-0.39, 0.29) is 0 Å². The van der Waals surface area contributed by atoms with Crippen LogP contribution in [-0.2, 0) is 6.18 Å². The number of hydrogen-bond acceptors (Lipinski definition) is 2. The largest absolute Gasteiger partial charge is 0.496 e. The van der Waals surface area contributed by atoms with Crippen molar-refractivity contribution >= 4 is 5.69 Å². The Morgan fingerprint density at radius 2 is 1.63 bits per heavy atom. The first kappa shape index (κ1) is 13.3. The third kappa shape index (κ3) is 2.81. The highest BCUT2D eigenvalue weighted by atomic mass is 19.4. The standard InChI is InChI=1S/C14H12F3NO/c1-19-13-7-6-11(18)8-12(13)9-2-4-10(5-3-9)14(15,16)17/h2-8H,18H2,1H3. The van der Waals surface area contributed by atoms with Crippen LogP contribution in [0.15, 0.2) is 42.5 Å². The molecule has 2 nitrogen and oxygen atoms in total. The van der Waals surface area contributed by atoms with Crippen molar-refractivity contribution in [1.29, 1.82) is 0 Å². The summed E-state index contributed by atoms with van der Waals surface area (Å²) in [5.41, 5.74) is 6.81. The Labute approximate surface area is 108 Å². The Morgan fingerprint density at radius 3 is 2.16 bits per heavy atom. The van der Waals surface area contributed by atoms with Gasteiger partial charge in [-0.15, -0.1) is 0 Å². The van der Waals surface area contributed by atoms with Crippen molar-refractivity contribution in [3.8, 4) is 16.9 Å². The van der Waals surface area contributed by atoms with Crippen molar-refractivity contribution in [2.24, 2.45) is 0 Å². The average molecular weight is 267 g/mol. The molecule has 0 bridgehead atoms. The second-order valence-electron chi connectivity index (χ2n) is 4.03. The predicted octanol–water partition coefficient (Wildman–Crippen LogP) is 3.96. The molecule has 0 aliphatic rings. The maximum absolute atomic E-state index is 12.5. The maximum atomic E-state index is 12.5. The van der Waals surface area contributed by atoms with E-state index in [1.54, 1.807) is 18.2 Å². The van der Waals surface area contributed by atoms with E-state index in [0.717, 1.165) is 12.1 Å². The second kappa shape index (κ2) is 4.84. The molecule has 0 amide bonds. The van der Waals surface area contributed by atoms with Crippen LogP contribution in [0.25, 0.3) is 11.1 Å². The number of hydrogen-bond donors (Lipinski definition) is 1. The first-order valence-corrected chi connectivity index (χ1v) is 5.53. The molecule has 0 saturated heterocycles. The Hall–Kier alpha value is -2.17. The summed E-state index contributed by atoms with van der Waals surface area (Å²) in [7, 11) is 1.50. The van der Waals surface area contributed by atoms with Crippen molar-refractivity contribution in [2.45, 2.75) is 6.18 Å². The topological polar surface area (TPSA) is 35.2 Å². The summed E-state index contributed by atoms with van der Waals surface area (Å²) in [6.45, 7) is 0. The van der Waals surface area contributed by atoms with Crippen molar-refractivity contribution < 1.29 is 17.9 Å². The third-order valence-corrected chi connectivity index (χ3v) is 2.75. The van der Waals surface area contributed by atoms with E-state index in [1.165, 1.54) is 19.2 Å². The lowest BCUT2D eigenvalue weighted by Gasteiger charge is -2.11. The van der Waals surface area contributed by atoms with Gasteiger partial charge in [-0.2, -0.15) is 13.2 Å². The van der Waals surface area contributed by atoms with Crippen LogP contribution in [0.3, 0.4) is 0 Å². The first-order chi connectivity index (χ1) is 8.91. The smallest absolute Gasteiger partial charge is 0.416 e. The average Bonchev–Trinajstić information content (AvgIpc) is 2.38. The molecule has 5 heteroatoms. The van der Waals surface area contributed by atoms with E-state index in [2.05, 4.69) is 0 Å². The summed E-state index contributed by atoms with van der Waals surface area (Å²) < 4.78 is 42.6. The number of anilines is 1. The maximum Gasteiger partial charge on any atom is 0.416 e. The zero-order chi connectivity index (χ0) is 14.0. The molecule has 0 saturated carbocycles. The van der Waals surface area contributed by atoms with Gasteiger partial charge in [0.15, 0.2) is 0 Å². The summed E-state index contributed by atoms with van der Waals surface area (Å²) in [5.74, 6) is 0.564. The molecule has 2 rings (SSSR count). The summed E-state index contributed by atoms with van der Waals surface area (Å²) in [6.07, 6.45) is -4.33. The monoisotopic (exact) mass is 267 g/mol. The predicted molar refractivity (Wildman–Crippen MR) is 67.8 cm³/mol. The number of nitrogens with two attached hydrogens (primary N) is 1. The summed E-state index contributed by atoms with van der Waals surface area (Å²) in [6, 6.07) is 9.91. The van der Waals surface area contributed by atoms with Gasteiger partial charge in [-0.25, -0.2) is 0 Å². The molecule has 0 aliphatic carbocycles. The number of benzene rings is 2. The van der Waals surface area contributed by atoms with Crippen molar-refractivity contribution in [1.82, 2.24) is 0 Å². The molecule has 0 heterocycles. The lowest BCUT2D eigenvalue weighted by atomic mass is 10.0. The number of nitrogen functional groups attached to an aromatic ring is 1. The lowest BCUT2D eigenvalue weighted by molar-refractivity contribution is -0.137. The Balaban J connectivity index is 2.45. The molecule has 0 aliphatic heterocycles. The number of methoxy groups -OCH3 is 1. The van der Waals surface area contributed by atoms with Gasteiger partial charge in [-0.05, 0) is 35.9 Å². The highest BCUT2D eigenvalue weighted by Gasteiger charge is 2.30. The Bertz CT molecular complexity index is 576. The minimum atomic E-state index is -4.33. The van der Waals surface area contributed by atoms with Crippen LogP contribution in [0.1, 0.15) is 5.56 Å². The van der Waals surface area contributed by atoms with Crippen LogP contribution in [0.2, 0.25) is 0 Å². The van der Waals surface area contributed by atoms with Crippen LogP contribution in [0.5, 0.6) is 5.75 Å². The zero-order valence-corrected chi connectivity index (χ0v) is 10.2. The molecule has 2 aromatic carbocycles. The summed E-state index contributed by atoms with van der Waals surface area (Å²) >= 11 is 0. The first-order valence-electron chi connectivity index (χ1n) is 5.53. The SMILES string of the molecule is COc1ccc(N)cc1-c1ccc(C(F)(F)F)cc1. The van der Waals surface area contributed by atoms with Crippen molar-refractivity contribution in [3.63, 3.8) is 0 Å². The van der Waals surface area contributed by atoms with Gasteiger partial charge in [0.2, 0.25) is 0 Å². The van der Waals surface area contributed by atoms with Crippen LogP contribution in [-0.4, -0.2) is 7.11 Å². The van der Waals surface area contributed by atoms with Gasteiger partial charge in [-0.3, -0.25) is 0 Å². The molecule has 19 heavy (non-hydrogen) atoms. The molecule has 0 spiro atoms. The van der Waals surface area contributed by atoms with Crippen LogP contribution in [0.4, 0.5) is 18.9 Å². The molecule has 100 valence electrons. The number of alkyl halides is 3. The number of halogens is 3. The number of rotatable bonds is 2. The number of ether oxygens (including phenoxy) is 1. The molecule has 0 radical (unpaired) electrons. The van der Waals surface area contributed by atoms with Gasteiger partial charge >= 0.3 is 6.18 Å². The van der Waals surface area contributed by atoms with Gasteiger partial charge in [0.1, 0.15) is 5.75 Å². The Morgan fingerprint density at radius 1 is 1.00 bits per heavy atom. The van der Waals surface area contributed by atoms with E-state index < -0.39 is 11.7 Å². The van der Waals surface area contributed by atoms with Gasteiger partial charge < -0.3 is 10.5 Å². The van der Waals surface area contributed by atoms with Gasteiger partial charge in [0, 0.05) is 11.3 Å². The quantitative estimate of drug-likeness (QED) is 0.836. The fourth-order valence-corrected chi connectivity index (χ4v) is 1.79. The molecule has 0 atom stereocenters. The molecule has 2 N–H and O–H groups in total. The second-order valence-corrected chi connectivity index (χ2v) is 4.03. The minimum absolute atomic E-state index is 0.524. The van der Waals surface area contributed by atoms with Crippen LogP contribution in [0, 0.1) is 0 Å². The molecule has 0 fully saturated rings. The lowest BCUT2D eigenvalue weighted by Crippen LogP contribution is -2.04. The van der Waals surface area contributed by atoms with Gasteiger partial charge in [0.05, 0.1) is 12.7 Å². The summed E-state index contributed by atoms with van der Waals surface area (Å²) in [5, 5.41) is 0. The molecular formula is C14H12F3NO. The van der Waals surface area contributed by atoms with Gasteiger partial charge in [0.25, 0.3) is 0 Å². The summed E-state index contributed by atoms with van der Waals surface area (Å²) in [4.78, 5) is 0. The fraction of sp³-hybridized carbons (Fsp3) is 0.143. The Kier molecular flexibility index (Phi) is 3.38. The van der Waals surface area contributed by atoms with E-state index in [0.29, 0.717) is 22.6 Å². The van der Waals surface area contributed by atoms with Crippen molar-refractivity contribution in [2.75, 3.05) is 12.8 Å². The van der Waals surface area contributed by atoms with E-state index in [9.17, 15) is 13.2 Å². The third-order valence-electron chi connectivity index (χ3n) is 2.75. The minimum Gasteiger partial charge on any atom is -0.496 e.